The van der Waals surface area contributed by atoms with E-state index < -0.39 is 18.6 Å². The highest BCUT2D eigenvalue weighted by molar-refractivity contribution is 5.97. The minimum Gasteiger partial charge on any atom is -0.360 e. The van der Waals surface area contributed by atoms with Gasteiger partial charge in [0.2, 0.25) is 5.97 Å². The van der Waals surface area contributed by atoms with Gasteiger partial charge in [-0.2, -0.15) is 17.6 Å². The summed E-state index contributed by atoms with van der Waals surface area (Å²) in [7, 11) is 0. The van der Waals surface area contributed by atoms with Crippen LogP contribution in [0.15, 0.2) is 18.2 Å². The molecule has 3 nitrogen and oxygen atoms in total. The fourth-order valence-corrected chi connectivity index (χ4v) is 2.20. The van der Waals surface area contributed by atoms with Crippen molar-refractivity contribution < 1.29 is 22.3 Å². The van der Waals surface area contributed by atoms with Gasteiger partial charge in [-0.25, -0.2) is 0 Å². The van der Waals surface area contributed by atoms with Crippen LogP contribution in [0.2, 0.25) is 0 Å². The number of hydrogen-bond acceptors (Lipinski definition) is 3. The molecule has 1 fully saturated rings. The molecule has 1 aromatic rings. The zero-order valence-corrected chi connectivity index (χ0v) is 12.3. The second-order valence-electron chi connectivity index (χ2n) is 5.17. The lowest BCUT2D eigenvalue weighted by molar-refractivity contribution is -0.123. The summed E-state index contributed by atoms with van der Waals surface area (Å²) in [5, 5.41) is 10.2. The number of nitrogens with one attached hydrogen (secondary N) is 2. The topological polar surface area (TPSA) is 45.1 Å². The molecule has 0 aromatic heterocycles. The van der Waals surface area contributed by atoms with Crippen molar-refractivity contribution in [2.45, 2.75) is 38.1 Å². The minimum atomic E-state index is -4.36. The van der Waals surface area contributed by atoms with E-state index in [4.69, 9.17) is 10.1 Å². The summed E-state index contributed by atoms with van der Waals surface area (Å²) >= 11 is 0. The van der Waals surface area contributed by atoms with Gasteiger partial charge in [-0.3, -0.25) is 5.41 Å². The summed E-state index contributed by atoms with van der Waals surface area (Å²) in [5.74, 6) is 3.15. The van der Waals surface area contributed by atoms with Crippen LogP contribution < -0.4 is 5.32 Å². The van der Waals surface area contributed by atoms with E-state index in [0.29, 0.717) is 12.3 Å². The molecular formula is C16H16F4N2O. The van der Waals surface area contributed by atoms with Gasteiger partial charge < -0.3 is 10.1 Å². The molecule has 2 rings (SSSR count). The maximum Gasteiger partial charge on any atom is 0.399 e. The second-order valence-corrected chi connectivity index (χ2v) is 5.17. The Hall–Kier alpha value is -2.07. The van der Waals surface area contributed by atoms with Crippen LogP contribution in [0.1, 0.15) is 36.8 Å². The first-order valence-electron chi connectivity index (χ1n) is 7.17. The predicted octanol–water partition coefficient (Wildman–Crippen LogP) is 4.22. The molecule has 0 aliphatic carbocycles. The van der Waals surface area contributed by atoms with Crippen LogP contribution in [0.25, 0.3) is 0 Å². The summed E-state index contributed by atoms with van der Waals surface area (Å²) in [6.45, 7) is 0.612. The molecule has 1 atom stereocenters. The zero-order chi connectivity index (χ0) is 16.9. The van der Waals surface area contributed by atoms with Crippen LogP contribution in [0.4, 0.5) is 23.2 Å². The van der Waals surface area contributed by atoms with Crippen molar-refractivity contribution in [1.29, 1.82) is 5.41 Å². The third-order valence-electron chi connectivity index (χ3n) is 3.27. The van der Waals surface area contributed by atoms with E-state index in [1.165, 1.54) is 18.2 Å². The molecule has 0 bridgehead atoms. The second kappa shape index (κ2) is 7.47. The number of hydrogen-bond donors (Lipinski definition) is 2. The van der Waals surface area contributed by atoms with Crippen LogP contribution >= 0.6 is 0 Å². The van der Waals surface area contributed by atoms with Gasteiger partial charge in [0, 0.05) is 17.9 Å². The van der Waals surface area contributed by atoms with Gasteiger partial charge in [-0.05, 0) is 37.5 Å². The van der Waals surface area contributed by atoms with E-state index in [-0.39, 0.29) is 17.4 Å². The highest BCUT2D eigenvalue weighted by atomic mass is 19.4. The van der Waals surface area contributed by atoms with Crippen LogP contribution in [0, 0.1) is 17.3 Å². The Kier molecular flexibility index (Phi) is 5.61. The Balaban J connectivity index is 2.15. The molecule has 1 aliphatic heterocycles. The summed E-state index contributed by atoms with van der Waals surface area (Å²) in [4.78, 5) is 0. The zero-order valence-electron chi connectivity index (χ0n) is 12.3. The highest BCUT2D eigenvalue weighted by Crippen LogP contribution is 2.23. The smallest absolute Gasteiger partial charge is 0.360 e. The lowest BCUT2D eigenvalue weighted by Crippen LogP contribution is -2.27. The van der Waals surface area contributed by atoms with Gasteiger partial charge in [0.25, 0.3) is 0 Å². The molecule has 0 spiro atoms. The Morgan fingerprint density at radius 1 is 1.35 bits per heavy atom. The van der Waals surface area contributed by atoms with Crippen molar-refractivity contribution in [3.05, 3.63) is 29.3 Å². The molecule has 1 aromatic carbocycles. The van der Waals surface area contributed by atoms with Crippen LogP contribution in [0.5, 0.6) is 0 Å². The number of anilines is 1. The van der Waals surface area contributed by atoms with Gasteiger partial charge in [-0.1, -0.05) is 11.8 Å². The van der Waals surface area contributed by atoms with E-state index in [9.17, 15) is 17.6 Å². The van der Waals surface area contributed by atoms with Gasteiger partial charge in [-0.15, -0.1) is 0 Å². The lowest BCUT2D eigenvalue weighted by Gasteiger charge is -2.25. The minimum absolute atomic E-state index is 0.0435. The Labute approximate surface area is 131 Å². The van der Waals surface area contributed by atoms with Crippen molar-refractivity contribution in [1.82, 2.24) is 0 Å². The van der Waals surface area contributed by atoms with Crippen molar-refractivity contribution in [2.75, 3.05) is 11.9 Å². The SMILES string of the molecule is N=C(F)c1cc(C#CCC(F)(F)F)ccc1NC1CCCCO1. The normalized spacial score (nSPS) is 18.0. The summed E-state index contributed by atoms with van der Waals surface area (Å²) in [6.07, 6.45) is -3.12. The van der Waals surface area contributed by atoms with Gasteiger partial charge in [0.1, 0.15) is 12.6 Å². The fraction of sp³-hybridized carbons (Fsp3) is 0.438. The summed E-state index contributed by atoms with van der Waals surface area (Å²) < 4.78 is 55.1. The number of rotatable bonds is 3. The molecule has 0 saturated carbocycles. The lowest BCUT2D eigenvalue weighted by atomic mass is 10.1. The van der Waals surface area contributed by atoms with Crippen molar-refractivity contribution in [2.24, 2.45) is 0 Å². The molecule has 1 aliphatic rings. The first-order chi connectivity index (χ1) is 10.8. The molecule has 1 saturated heterocycles. The maximum atomic E-state index is 13.4. The third-order valence-corrected chi connectivity index (χ3v) is 3.27. The molecule has 23 heavy (non-hydrogen) atoms. The van der Waals surface area contributed by atoms with E-state index in [0.717, 1.165) is 19.3 Å². The summed E-state index contributed by atoms with van der Waals surface area (Å²) in [5.41, 5.74) is 0.547. The van der Waals surface area contributed by atoms with Gasteiger partial charge >= 0.3 is 6.18 Å². The average Bonchev–Trinajstić information content (AvgIpc) is 2.48. The van der Waals surface area contributed by atoms with E-state index in [1.807, 2.05) is 5.92 Å². The molecule has 1 unspecified atom stereocenters. The van der Waals surface area contributed by atoms with Crippen LogP contribution in [-0.4, -0.2) is 25.0 Å². The Morgan fingerprint density at radius 2 is 2.13 bits per heavy atom. The fourth-order valence-electron chi connectivity index (χ4n) is 2.20. The molecule has 7 heteroatoms. The predicted molar refractivity (Wildman–Crippen MR) is 79.1 cm³/mol. The monoisotopic (exact) mass is 328 g/mol. The molecule has 124 valence electrons. The molecule has 0 radical (unpaired) electrons. The number of benzene rings is 1. The van der Waals surface area contributed by atoms with Crippen molar-refractivity contribution >= 4 is 11.7 Å². The number of alkyl halides is 3. The van der Waals surface area contributed by atoms with Gasteiger partial charge in [0.15, 0.2) is 0 Å². The third kappa shape index (κ3) is 5.57. The van der Waals surface area contributed by atoms with Crippen molar-refractivity contribution in [3.8, 4) is 11.8 Å². The Morgan fingerprint density at radius 3 is 2.74 bits per heavy atom. The first-order valence-corrected chi connectivity index (χ1v) is 7.17. The maximum absolute atomic E-state index is 13.4. The molecule has 0 amide bonds. The quantitative estimate of drug-likeness (QED) is 0.496. The van der Waals surface area contributed by atoms with Gasteiger partial charge in [0.05, 0.1) is 5.56 Å². The van der Waals surface area contributed by atoms with Crippen LogP contribution in [0.3, 0.4) is 0 Å². The molecule has 2 N–H and O–H groups in total. The largest absolute Gasteiger partial charge is 0.399 e. The highest BCUT2D eigenvalue weighted by Gasteiger charge is 2.25. The van der Waals surface area contributed by atoms with E-state index in [1.54, 1.807) is 0 Å². The van der Waals surface area contributed by atoms with Crippen LogP contribution in [-0.2, 0) is 4.74 Å². The number of ether oxygens (including phenoxy) is 1. The summed E-state index contributed by atoms with van der Waals surface area (Å²) in [6, 6.07) is 4.25. The average molecular weight is 328 g/mol. The van der Waals surface area contributed by atoms with Crippen molar-refractivity contribution in [3.63, 3.8) is 0 Å². The molecular weight excluding hydrogens is 312 g/mol. The standard InChI is InChI=1S/C16H16F4N2O/c17-15(21)12-10-11(4-3-8-16(18,19)20)6-7-13(12)22-14-5-1-2-9-23-14/h6-7,10,14,21-22H,1-2,5,8-9H2. The molecule has 1 heterocycles. The van der Waals surface area contributed by atoms with E-state index >= 15 is 0 Å². The first kappa shape index (κ1) is 17.3. The van der Waals surface area contributed by atoms with E-state index in [2.05, 4.69) is 11.2 Å². The number of halogens is 4. The Bertz CT molecular complexity index is 625.